The number of hydrogen-bond acceptors (Lipinski definition) is 5. The number of carboxylic acid groups (broad SMARTS) is 1. The Labute approximate surface area is 112 Å². The molecule has 0 amide bonds. The van der Waals surface area contributed by atoms with Crippen molar-refractivity contribution in [3.63, 3.8) is 0 Å². The van der Waals surface area contributed by atoms with Gasteiger partial charge in [0.05, 0.1) is 17.1 Å². The highest BCUT2D eigenvalue weighted by Gasteiger charge is 2.10. The molecule has 6 nitrogen and oxygen atoms in total. The van der Waals surface area contributed by atoms with Crippen molar-refractivity contribution in [1.82, 2.24) is 9.97 Å². The van der Waals surface area contributed by atoms with Crippen LogP contribution in [0.15, 0.2) is 52.1 Å². The minimum atomic E-state index is -1.08. The maximum Gasteiger partial charge on any atom is 0.335 e. The number of benzene rings is 1. The largest absolute Gasteiger partial charge is 0.478 e. The molecule has 1 N–H and O–H groups in total. The molecule has 0 bridgehead atoms. The molecule has 0 unspecified atom stereocenters. The summed E-state index contributed by atoms with van der Waals surface area (Å²) in [6, 6.07) is 5.43. The number of rotatable bonds is 2. The van der Waals surface area contributed by atoms with Gasteiger partial charge >= 0.3 is 5.97 Å². The van der Waals surface area contributed by atoms with Crippen LogP contribution in [-0.2, 0) is 0 Å². The van der Waals surface area contributed by atoms with E-state index in [-0.39, 0.29) is 22.3 Å². The van der Waals surface area contributed by atoms with Crippen LogP contribution in [0.25, 0.3) is 22.4 Å². The van der Waals surface area contributed by atoms with Gasteiger partial charge in [-0.05, 0) is 18.2 Å². The van der Waals surface area contributed by atoms with Gasteiger partial charge in [0, 0.05) is 18.5 Å². The fourth-order valence-corrected chi connectivity index (χ4v) is 1.84. The average Bonchev–Trinajstić information content (AvgIpc) is 2.47. The van der Waals surface area contributed by atoms with Crippen molar-refractivity contribution in [1.29, 1.82) is 0 Å². The molecule has 0 fully saturated rings. The van der Waals surface area contributed by atoms with Crippen LogP contribution in [0.3, 0.4) is 0 Å². The molecular weight excluding hydrogens is 260 g/mol. The average molecular weight is 268 g/mol. The van der Waals surface area contributed by atoms with E-state index in [9.17, 15) is 9.59 Å². The van der Waals surface area contributed by atoms with Gasteiger partial charge in [-0.15, -0.1) is 0 Å². The van der Waals surface area contributed by atoms with E-state index in [1.807, 2.05) is 0 Å². The van der Waals surface area contributed by atoms with E-state index in [0.717, 1.165) is 0 Å². The molecule has 2 heterocycles. The van der Waals surface area contributed by atoms with Crippen LogP contribution in [0.5, 0.6) is 0 Å². The third-order valence-electron chi connectivity index (χ3n) is 2.79. The zero-order valence-electron chi connectivity index (χ0n) is 10.1. The number of nitrogens with zero attached hydrogens (tertiary/aromatic N) is 2. The standard InChI is InChI=1S/C14H8N2O4/c17-11-6-13(10-7-15-3-4-16-10)20-12-5-8(14(18)19)1-2-9(11)12/h1-7H,(H,18,19). The van der Waals surface area contributed by atoms with Gasteiger partial charge in [0.25, 0.3) is 0 Å². The number of aromatic nitrogens is 2. The summed E-state index contributed by atoms with van der Waals surface area (Å²) >= 11 is 0. The summed E-state index contributed by atoms with van der Waals surface area (Å²) in [7, 11) is 0. The van der Waals surface area contributed by atoms with Crippen molar-refractivity contribution in [3.05, 3.63) is 58.6 Å². The molecule has 20 heavy (non-hydrogen) atoms. The van der Waals surface area contributed by atoms with Crippen LogP contribution in [-0.4, -0.2) is 21.0 Å². The molecule has 0 saturated heterocycles. The normalized spacial score (nSPS) is 10.6. The van der Waals surface area contributed by atoms with Crippen LogP contribution < -0.4 is 5.43 Å². The first kappa shape index (κ1) is 12.0. The molecule has 0 saturated carbocycles. The molecule has 0 atom stereocenters. The van der Waals surface area contributed by atoms with Crippen molar-refractivity contribution >= 4 is 16.9 Å². The van der Waals surface area contributed by atoms with Gasteiger partial charge in [-0.3, -0.25) is 9.78 Å². The summed E-state index contributed by atoms with van der Waals surface area (Å²) in [5.74, 6) is -0.836. The molecule has 3 aromatic rings. The van der Waals surface area contributed by atoms with Gasteiger partial charge in [0.1, 0.15) is 11.3 Å². The van der Waals surface area contributed by atoms with Crippen molar-refractivity contribution in [2.45, 2.75) is 0 Å². The second-order valence-electron chi connectivity index (χ2n) is 4.08. The minimum absolute atomic E-state index is 0.0527. The Bertz CT molecular complexity index is 856. The summed E-state index contributed by atoms with van der Waals surface area (Å²) in [6.07, 6.45) is 4.45. The summed E-state index contributed by atoms with van der Waals surface area (Å²) in [5, 5.41) is 9.28. The summed E-state index contributed by atoms with van der Waals surface area (Å²) in [4.78, 5) is 30.9. The fourth-order valence-electron chi connectivity index (χ4n) is 1.84. The van der Waals surface area contributed by atoms with E-state index in [1.54, 1.807) is 0 Å². The highest BCUT2D eigenvalue weighted by atomic mass is 16.4. The Balaban J connectivity index is 2.27. The molecule has 1 aromatic carbocycles. The number of carbonyl (C=O) groups is 1. The van der Waals surface area contributed by atoms with Crippen molar-refractivity contribution in [3.8, 4) is 11.5 Å². The maximum absolute atomic E-state index is 12.0. The molecule has 0 radical (unpaired) electrons. The van der Waals surface area contributed by atoms with Crippen molar-refractivity contribution in [2.24, 2.45) is 0 Å². The van der Waals surface area contributed by atoms with Gasteiger partial charge in [0.15, 0.2) is 11.2 Å². The number of fused-ring (bicyclic) bond motifs is 1. The molecule has 6 heteroatoms. The highest BCUT2D eigenvalue weighted by Crippen LogP contribution is 2.20. The molecular formula is C14H8N2O4. The molecule has 0 aliphatic carbocycles. The summed E-state index contributed by atoms with van der Waals surface area (Å²) in [6.45, 7) is 0. The Morgan fingerprint density at radius 2 is 2.05 bits per heavy atom. The van der Waals surface area contributed by atoms with Crippen LogP contribution in [0.4, 0.5) is 0 Å². The van der Waals surface area contributed by atoms with Crippen molar-refractivity contribution in [2.75, 3.05) is 0 Å². The third-order valence-corrected chi connectivity index (χ3v) is 2.79. The fraction of sp³-hybridized carbons (Fsp3) is 0. The zero-order chi connectivity index (χ0) is 14.1. The van der Waals surface area contributed by atoms with E-state index in [1.165, 1.54) is 42.9 Å². The summed E-state index contributed by atoms with van der Waals surface area (Å²) < 4.78 is 5.55. The Kier molecular flexibility index (Phi) is 2.76. The zero-order valence-corrected chi connectivity index (χ0v) is 10.1. The van der Waals surface area contributed by atoms with Gasteiger partial charge < -0.3 is 9.52 Å². The topological polar surface area (TPSA) is 93.3 Å². The number of carboxylic acids is 1. The minimum Gasteiger partial charge on any atom is -0.478 e. The van der Waals surface area contributed by atoms with E-state index in [2.05, 4.69) is 9.97 Å². The van der Waals surface area contributed by atoms with Gasteiger partial charge in [0.2, 0.25) is 0 Å². The molecule has 98 valence electrons. The van der Waals surface area contributed by atoms with E-state index in [4.69, 9.17) is 9.52 Å². The molecule has 0 spiro atoms. The quantitative estimate of drug-likeness (QED) is 0.763. The van der Waals surface area contributed by atoms with E-state index in [0.29, 0.717) is 11.1 Å². The van der Waals surface area contributed by atoms with Gasteiger partial charge in [-0.25, -0.2) is 9.78 Å². The molecule has 0 aliphatic heterocycles. The lowest BCUT2D eigenvalue weighted by atomic mass is 10.1. The van der Waals surface area contributed by atoms with Crippen LogP contribution in [0.1, 0.15) is 10.4 Å². The molecule has 2 aromatic heterocycles. The Morgan fingerprint density at radius 3 is 2.75 bits per heavy atom. The van der Waals surface area contributed by atoms with Gasteiger partial charge in [-0.2, -0.15) is 0 Å². The third kappa shape index (κ3) is 2.03. The number of hydrogen-bond donors (Lipinski definition) is 1. The number of aromatic carboxylic acids is 1. The first-order valence-electron chi connectivity index (χ1n) is 5.73. The first-order valence-corrected chi connectivity index (χ1v) is 5.73. The van der Waals surface area contributed by atoms with Crippen molar-refractivity contribution < 1.29 is 14.3 Å². The van der Waals surface area contributed by atoms with Crippen LogP contribution >= 0.6 is 0 Å². The van der Waals surface area contributed by atoms with Crippen LogP contribution in [0.2, 0.25) is 0 Å². The highest BCUT2D eigenvalue weighted by molar-refractivity contribution is 5.92. The lowest BCUT2D eigenvalue weighted by molar-refractivity contribution is 0.0697. The second-order valence-corrected chi connectivity index (χ2v) is 4.08. The predicted molar refractivity (Wildman–Crippen MR) is 70.5 cm³/mol. The van der Waals surface area contributed by atoms with E-state index >= 15 is 0 Å². The predicted octanol–water partition coefficient (Wildman–Crippen LogP) is 1.95. The van der Waals surface area contributed by atoms with Crippen LogP contribution in [0, 0.1) is 0 Å². The molecule has 3 rings (SSSR count). The molecule has 0 aliphatic rings. The SMILES string of the molecule is O=C(O)c1ccc2c(=O)cc(-c3cnccn3)oc2c1. The monoisotopic (exact) mass is 268 g/mol. The van der Waals surface area contributed by atoms with E-state index < -0.39 is 5.97 Å². The van der Waals surface area contributed by atoms with Gasteiger partial charge in [-0.1, -0.05) is 0 Å². The smallest absolute Gasteiger partial charge is 0.335 e. The lowest BCUT2D eigenvalue weighted by Crippen LogP contribution is -2.03. The lowest BCUT2D eigenvalue weighted by Gasteiger charge is -2.02. The first-order chi connectivity index (χ1) is 9.65. The maximum atomic E-state index is 12.0. The summed E-state index contributed by atoms with van der Waals surface area (Å²) in [5.41, 5.74) is 0.408. The Hall–Kier alpha value is -3.02. The second kappa shape index (κ2) is 4.58. The Morgan fingerprint density at radius 1 is 1.20 bits per heavy atom.